The average Bonchev–Trinajstić information content (AvgIpc) is 2.48. The van der Waals surface area contributed by atoms with Gasteiger partial charge in [-0.3, -0.25) is 0 Å². The van der Waals surface area contributed by atoms with Gasteiger partial charge in [0.15, 0.2) is 0 Å². The smallest absolute Gasteiger partial charge is 0.123 e. The topological polar surface area (TPSA) is 41.5 Å². The third-order valence-corrected chi connectivity index (χ3v) is 3.78. The van der Waals surface area contributed by atoms with Crippen LogP contribution in [0.2, 0.25) is 0 Å². The second-order valence-corrected chi connectivity index (χ2v) is 5.66. The quantitative estimate of drug-likeness (QED) is 0.824. The fourth-order valence-corrected chi connectivity index (χ4v) is 2.76. The highest BCUT2D eigenvalue weighted by Crippen LogP contribution is 2.19. The summed E-state index contributed by atoms with van der Waals surface area (Å²) in [7, 11) is 0. The van der Waals surface area contributed by atoms with Gasteiger partial charge in [-0.15, -0.1) is 0 Å². The van der Waals surface area contributed by atoms with Crippen LogP contribution >= 0.6 is 0 Å². The van der Waals surface area contributed by atoms with Crippen molar-refractivity contribution in [2.24, 2.45) is 0 Å². The fraction of sp³-hybridized carbons (Fsp3) is 0.368. The van der Waals surface area contributed by atoms with E-state index in [2.05, 4.69) is 44.3 Å². The molecule has 2 aromatic rings. The van der Waals surface area contributed by atoms with Gasteiger partial charge in [-0.2, -0.15) is 0 Å². The van der Waals surface area contributed by atoms with Crippen LogP contribution in [0.15, 0.2) is 36.4 Å². The first kappa shape index (κ1) is 16.5. The molecule has 0 amide bonds. The van der Waals surface area contributed by atoms with Crippen LogP contribution < -0.4 is 10.1 Å². The van der Waals surface area contributed by atoms with Crippen molar-refractivity contribution in [3.8, 4) is 5.75 Å². The van der Waals surface area contributed by atoms with Crippen LogP contribution in [-0.4, -0.2) is 18.3 Å². The monoisotopic (exact) mass is 299 g/mol. The largest absolute Gasteiger partial charge is 0.491 e. The Labute approximate surface area is 133 Å². The van der Waals surface area contributed by atoms with Crippen molar-refractivity contribution in [3.63, 3.8) is 0 Å². The summed E-state index contributed by atoms with van der Waals surface area (Å²) in [5.41, 5.74) is 6.43. The second-order valence-electron chi connectivity index (χ2n) is 5.66. The van der Waals surface area contributed by atoms with Gasteiger partial charge in [0.1, 0.15) is 12.4 Å². The van der Waals surface area contributed by atoms with E-state index < -0.39 is 0 Å². The Balaban J connectivity index is 2.00. The molecule has 0 saturated carbocycles. The van der Waals surface area contributed by atoms with Crippen molar-refractivity contribution in [1.29, 1.82) is 0 Å². The van der Waals surface area contributed by atoms with Gasteiger partial charge >= 0.3 is 0 Å². The number of para-hydroxylation sites is 1. The van der Waals surface area contributed by atoms with Gasteiger partial charge in [0.25, 0.3) is 0 Å². The molecule has 0 saturated heterocycles. The lowest BCUT2D eigenvalue weighted by atomic mass is 10.00. The van der Waals surface area contributed by atoms with E-state index in [9.17, 15) is 0 Å². The van der Waals surface area contributed by atoms with E-state index in [1.54, 1.807) is 0 Å². The van der Waals surface area contributed by atoms with Gasteiger partial charge in [-0.05, 0) is 43.5 Å². The highest BCUT2D eigenvalue weighted by Gasteiger charge is 2.06. The van der Waals surface area contributed by atoms with Gasteiger partial charge in [0.2, 0.25) is 0 Å². The summed E-state index contributed by atoms with van der Waals surface area (Å²) >= 11 is 0. The van der Waals surface area contributed by atoms with E-state index in [-0.39, 0.29) is 6.61 Å². The van der Waals surface area contributed by atoms with E-state index in [1.807, 2.05) is 18.2 Å². The zero-order valence-corrected chi connectivity index (χ0v) is 13.6. The van der Waals surface area contributed by atoms with Crippen LogP contribution in [0.5, 0.6) is 5.75 Å². The molecule has 0 radical (unpaired) electrons. The first-order valence-electron chi connectivity index (χ1n) is 7.71. The van der Waals surface area contributed by atoms with Crippen molar-refractivity contribution in [2.45, 2.75) is 33.9 Å². The number of ether oxygens (including phenoxy) is 1. The summed E-state index contributed by atoms with van der Waals surface area (Å²) in [6.07, 6.45) is 0. The van der Waals surface area contributed by atoms with Crippen LogP contribution in [-0.2, 0) is 13.1 Å². The first-order valence-corrected chi connectivity index (χ1v) is 7.71. The van der Waals surface area contributed by atoms with Gasteiger partial charge in [0.05, 0.1) is 6.61 Å². The highest BCUT2D eigenvalue weighted by atomic mass is 16.5. The third-order valence-electron chi connectivity index (χ3n) is 3.78. The van der Waals surface area contributed by atoms with E-state index in [4.69, 9.17) is 9.84 Å². The second kappa shape index (κ2) is 7.97. The Bertz CT molecular complexity index is 600. The summed E-state index contributed by atoms with van der Waals surface area (Å²) < 4.78 is 5.56. The van der Waals surface area contributed by atoms with E-state index in [0.29, 0.717) is 6.61 Å². The Hall–Kier alpha value is -1.84. The van der Waals surface area contributed by atoms with Crippen LogP contribution in [0.25, 0.3) is 0 Å². The minimum Gasteiger partial charge on any atom is -0.491 e. The molecule has 0 atom stereocenters. The van der Waals surface area contributed by atoms with Crippen molar-refractivity contribution in [2.75, 3.05) is 13.2 Å². The Kier molecular flexibility index (Phi) is 5.99. The molecule has 0 aliphatic heterocycles. The zero-order valence-electron chi connectivity index (χ0n) is 13.6. The number of hydrogen-bond donors (Lipinski definition) is 2. The minimum absolute atomic E-state index is 0.0313. The molecule has 0 aliphatic rings. The lowest BCUT2D eigenvalue weighted by Crippen LogP contribution is -2.16. The standard InChI is InChI=1S/C19H25NO2/c1-14-10-15(2)18(16(3)11-14)13-20-12-17-6-4-5-7-19(17)22-9-8-21/h4-7,10-11,20-21H,8-9,12-13H2,1-3H3. The van der Waals surface area contributed by atoms with Gasteiger partial charge < -0.3 is 15.2 Å². The Morgan fingerprint density at radius 3 is 2.36 bits per heavy atom. The van der Waals surface area contributed by atoms with Gasteiger partial charge in [-0.1, -0.05) is 35.9 Å². The molecule has 2 N–H and O–H groups in total. The summed E-state index contributed by atoms with van der Waals surface area (Å²) in [4.78, 5) is 0. The van der Waals surface area contributed by atoms with E-state index in [0.717, 1.165) is 24.4 Å². The normalized spacial score (nSPS) is 10.7. The number of aliphatic hydroxyl groups excluding tert-OH is 1. The molecular formula is C19H25NO2. The SMILES string of the molecule is Cc1cc(C)c(CNCc2ccccc2OCCO)c(C)c1. The molecule has 0 spiro atoms. The van der Waals surface area contributed by atoms with Crippen LogP contribution in [0.4, 0.5) is 0 Å². The van der Waals surface area contributed by atoms with Crippen LogP contribution in [0.1, 0.15) is 27.8 Å². The lowest BCUT2D eigenvalue weighted by molar-refractivity contribution is 0.200. The third kappa shape index (κ3) is 4.33. The minimum atomic E-state index is 0.0313. The zero-order chi connectivity index (χ0) is 15.9. The average molecular weight is 299 g/mol. The van der Waals surface area contributed by atoms with Gasteiger partial charge in [-0.25, -0.2) is 0 Å². The maximum atomic E-state index is 8.89. The number of nitrogens with one attached hydrogen (secondary N) is 1. The maximum Gasteiger partial charge on any atom is 0.123 e. The summed E-state index contributed by atoms with van der Waals surface area (Å²) in [6.45, 7) is 8.40. The Morgan fingerprint density at radius 2 is 1.68 bits per heavy atom. The predicted molar refractivity (Wildman–Crippen MR) is 90.2 cm³/mol. The number of benzene rings is 2. The molecule has 0 bridgehead atoms. The number of aryl methyl sites for hydroxylation is 3. The highest BCUT2D eigenvalue weighted by molar-refractivity contribution is 5.38. The molecule has 2 aromatic carbocycles. The number of aliphatic hydroxyl groups is 1. The van der Waals surface area contributed by atoms with Crippen LogP contribution in [0.3, 0.4) is 0 Å². The van der Waals surface area contributed by atoms with Gasteiger partial charge in [0, 0.05) is 18.7 Å². The molecule has 0 aromatic heterocycles. The summed E-state index contributed by atoms with van der Waals surface area (Å²) in [6, 6.07) is 12.4. The number of rotatable bonds is 7. The number of hydrogen-bond acceptors (Lipinski definition) is 3. The van der Waals surface area contributed by atoms with E-state index >= 15 is 0 Å². The molecule has 0 unspecified atom stereocenters. The summed E-state index contributed by atoms with van der Waals surface area (Å²) in [5, 5.41) is 12.4. The molecule has 22 heavy (non-hydrogen) atoms. The first-order chi connectivity index (χ1) is 10.6. The molecular weight excluding hydrogens is 274 g/mol. The van der Waals surface area contributed by atoms with Crippen LogP contribution in [0, 0.1) is 20.8 Å². The predicted octanol–water partition coefficient (Wildman–Crippen LogP) is 3.27. The van der Waals surface area contributed by atoms with Crippen molar-refractivity contribution in [3.05, 3.63) is 64.2 Å². The van der Waals surface area contributed by atoms with Crippen molar-refractivity contribution in [1.82, 2.24) is 5.32 Å². The molecule has 2 rings (SSSR count). The molecule has 3 nitrogen and oxygen atoms in total. The molecule has 0 heterocycles. The molecule has 3 heteroatoms. The molecule has 0 aliphatic carbocycles. The van der Waals surface area contributed by atoms with E-state index in [1.165, 1.54) is 22.3 Å². The maximum absolute atomic E-state index is 8.89. The lowest BCUT2D eigenvalue weighted by Gasteiger charge is -2.14. The molecule has 118 valence electrons. The van der Waals surface area contributed by atoms with Crippen molar-refractivity contribution >= 4 is 0 Å². The molecule has 0 fully saturated rings. The van der Waals surface area contributed by atoms with Crippen molar-refractivity contribution < 1.29 is 9.84 Å². The fourth-order valence-electron chi connectivity index (χ4n) is 2.76. The summed E-state index contributed by atoms with van der Waals surface area (Å²) in [5.74, 6) is 0.835. The Morgan fingerprint density at radius 1 is 1.00 bits per heavy atom.